The summed E-state index contributed by atoms with van der Waals surface area (Å²) in [6.45, 7) is 0. The quantitative estimate of drug-likeness (QED) is 0.575. The Balaban J connectivity index is 1.66. The molecule has 0 aliphatic heterocycles. The van der Waals surface area contributed by atoms with E-state index in [-0.39, 0.29) is 5.56 Å². The van der Waals surface area contributed by atoms with Crippen molar-refractivity contribution in [3.63, 3.8) is 0 Å². The van der Waals surface area contributed by atoms with Crippen LogP contribution in [0, 0.1) is 0 Å². The van der Waals surface area contributed by atoms with Gasteiger partial charge in [-0.3, -0.25) is 4.57 Å². The highest BCUT2D eigenvalue weighted by atomic mass is 16.5. The van der Waals surface area contributed by atoms with Gasteiger partial charge in [0.25, 0.3) is 0 Å². The van der Waals surface area contributed by atoms with Crippen LogP contribution in [0.15, 0.2) is 61.3 Å². The van der Waals surface area contributed by atoms with Gasteiger partial charge in [-0.2, -0.15) is 0 Å². The lowest BCUT2D eigenvalue weighted by Gasteiger charge is -2.07. The molecular weight excluding hydrogens is 356 g/mol. The van der Waals surface area contributed by atoms with E-state index in [4.69, 9.17) is 4.74 Å². The molecule has 1 aromatic carbocycles. The molecule has 0 radical (unpaired) electrons. The van der Waals surface area contributed by atoms with Crippen LogP contribution in [-0.2, 0) is 0 Å². The average Bonchev–Trinajstić information content (AvgIpc) is 3.26. The number of hydrogen-bond acceptors (Lipinski definition) is 5. The van der Waals surface area contributed by atoms with Crippen LogP contribution in [0.4, 0.5) is 0 Å². The molecule has 4 rings (SSSR count). The number of aromatic carboxylic acids is 1. The first-order valence-electron chi connectivity index (χ1n) is 8.48. The number of pyridine rings is 2. The average molecular weight is 372 g/mol. The van der Waals surface area contributed by atoms with Crippen molar-refractivity contribution in [3.05, 3.63) is 78.1 Å². The molecule has 0 fully saturated rings. The third kappa shape index (κ3) is 3.45. The third-order valence-corrected chi connectivity index (χ3v) is 4.25. The maximum Gasteiger partial charge on any atom is 0.336 e. The first kappa shape index (κ1) is 17.4. The number of aromatic nitrogens is 4. The third-order valence-electron chi connectivity index (χ3n) is 4.25. The van der Waals surface area contributed by atoms with Gasteiger partial charge in [-0.05, 0) is 48.0 Å². The molecule has 138 valence electrons. The van der Waals surface area contributed by atoms with Gasteiger partial charge in [0.15, 0.2) is 0 Å². The van der Waals surface area contributed by atoms with E-state index in [9.17, 15) is 9.90 Å². The number of carboxylic acids is 1. The molecule has 0 saturated heterocycles. The molecule has 28 heavy (non-hydrogen) atoms. The minimum absolute atomic E-state index is 0.178. The maximum atomic E-state index is 11.7. The van der Waals surface area contributed by atoms with Crippen molar-refractivity contribution in [2.75, 3.05) is 7.11 Å². The van der Waals surface area contributed by atoms with Crippen LogP contribution in [0.2, 0.25) is 0 Å². The number of fused-ring (bicyclic) bond motifs is 1. The van der Waals surface area contributed by atoms with Crippen molar-refractivity contribution >= 4 is 29.0 Å². The summed E-state index contributed by atoms with van der Waals surface area (Å²) in [6.07, 6.45) is 10.5. The SMILES string of the molecule is COc1ccc2nc(/C=C/c3ccc(-n4ccnc4)nc3)cc(C(=O)O)c2c1. The lowest BCUT2D eigenvalue weighted by molar-refractivity contribution is 0.0699. The van der Waals surface area contributed by atoms with Crippen LogP contribution in [0.1, 0.15) is 21.6 Å². The summed E-state index contributed by atoms with van der Waals surface area (Å²) in [5, 5.41) is 10.1. The van der Waals surface area contributed by atoms with Crippen LogP contribution in [0.3, 0.4) is 0 Å². The summed E-state index contributed by atoms with van der Waals surface area (Å²) in [5.41, 5.74) is 2.19. The van der Waals surface area contributed by atoms with Gasteiger partial charge >= 0.3 is 5.97 Å². The van der Waals surface area contributed by atoms with Crippen molar-refractivity contribution in [1.29, 1.82) is 0 Å². The number of methoxy groups -OCH3 is 1. The van der Waals surface area contributed by atoms with E-state index in [1.807, 2.05) is 29.0 Å². The molecule has 0 amide bonds. The van der Waals surface area contributed by atoms with E-state index in [0.717, 1.165) is 11.4 Å². The van der Waals surface area contributed by atoms with E-state index in [1.165, 1.54) is 7.11 Å². The topological polar surface area (TPSA) is 90.1 Å². The zero-order valence-corrected chi connectivity index (χ0v) is 15.0. The normalized spacial score (nSPS) is 11.2. The minimum Gasteiger partial charge on any atom is -0.497 e. The summed E-state index contributed by atoms with van der Waals surface area (Å²) in [4.78, 5) is 24.6. The number of carboxylic acid groups (broad SMARTS) is 1. The van der Waals surface area contributed by atoms with E-state index < -0.39 is 5.97 Å². The van der Waals surface area contributed by atoms with E-state index in [2.05, 4.69) is 15.0 Å². The molecule has 0 atom stereocenters. The summed E-state index contributed by atoms with van der Waals surface area (Å²) in [6, 6.07) is 10.5. The number of carbonyl (C=O) groups is 1. The Morgan fingerprint density at radius 3 is 2.75 bits per heavy atom. The maximum absolute atomic E-state index is 11.7. The first-order valence-corrected chi connectivity index (χ1v) is 8.48. The number of benzene rings is 1. The molecule has 0 unspecified atom stereocenters. The second-order valence-electron chi connectivity index (χ2n) is 6.04. The molecule has 0 bridgehead atoms. The van der Waals surface area contributed by atoms with Crippen molar-refractivity contribution < 1.29 is 14.6 Å². The monoisotopic (exact) mass is 372 g/mol. The van der Waals surface area contributed by atoms with Crippen molar-refractivity contribution in [2.45, 2.75) is 0 Å². The number of ether oxygens (including phenoxy) is 1. The second-order valence-corrected chi connectivity index (χ2v) is 6.04. The summed E-state index contributed by atoms with van der Waals surface area (Å²) < 4.78 is 6.99. The summed E-state index contributed by atoms with van der Waals surface area (Å²) in [7, 11) is 1.54. The zero-order valence-electron chi connectivity index (χ0n) is 15.0. The predicted molar refractivity (Wildman–Crippen MR) is 106 cm³/mol. The number of hydrogen-bond donors (Lipinski definition) is 1. The highest BCUT2D eigenvalue weighted by Crippen LogP contribution is 2.24. The molecule has 0 spiro atoms. The van der Waals surface area contributed by atoms with Crippen LogP contribution in [0.5, 0.6) is 5.75 Å². The fourth-order valence-electron chi connectivity index (χ4n) is 2.84. The minimum atomic E-state index is -1.01. The van der Waals surface area contributed by atoms with Crippen molar-refractivity contribution in [3.8, 4) is 11.6 Å². The Bertz CT molecular complexity index is 1170. The van der Waals surface area contributed by atoms with Gasteiger partial charge in [0.2, 0.25) is 0 Å². The van der Waals surface area contributed by atoms with Gasteiger partial charge < -0.3 is 9.84 Å². The largest absolute Gasteiger partial charge is 0.497 e. The second kappa shape index (κ2) is 7.32. The fourth-order valence-corrected chi connectivity index (χ4v) is 2.84. The molecule has 4 aromatic rings. The molecule has 7 nitrogen and oxygen atoms in total. The Kier molecular flexibility index (Phi) is 4.55. The highest BCUT2D eigenvalue weighted by molar-refractivity contribution is 6.03. The van der Waals surface area contributed by atoms with Crippen molar-refractivity contribution in [1.82, 2.24) is 19.5 Å². The molecule has 1 N–H and O–H groups in total. The Morgan fingerprint density at radius 2 is 2.07 bits per heavy atom. The van der Waals surface area contributed by atoms with Crippen LogP contribution in [-0.4, -0.2) is 37.7 Å². The standard InChI is InChI=1S/C21H16N4O3/c1-28-16-5-6-19-17(11-16)18(21(26)27)10-15(24-19)4-2-14-3-7-20(23-12-14)25-9-8-22-13-25/h2-13H,1H3,(H,26,27)/b4-2+. The number of nitrogens with zero attached hydrogens (tertiary/aromatic N) is 4. The molecule has 0 saturated carbocycles. The van der Waals surface area contributed by atoms with Crippen LogP contribution >= 0.6 is 0 Å². The van der Waals surface area contributed by atoms with Gasteiger partial charge in [0, 0.05) is 24.0 Å². The number of rotatable bonds is 5. The summed E-state index contributed by atoms with van der Waals surface area (Å²) in [5.74, 6) is 0.339. The zero-order chi connectivity index (χ0) is 19.5. The molecule has 0 aliphatic rings. The summed E-state index contributed by atoms with van der Waals surface area (Å²) >= 11 is 0. The first-order chi connectivity index (χ1) is 13.6. The Hall–Kier alpha value is -4.00. The van der Waals surface area contributed by atoms with E-state index in [1.54, 1.807) is 49.1 Å². The highest BCUT2D eigenvalue weighted by Gasteiger charge is 2.12. The van der Waals surface area contributed by atoms with Gasteiger partial charge in [-0.1, -0.05) is 6.08 Å². The van der Waals surface area contributed by atoms with Crippen LogP contribution in [0.25, 0.3) is 28.9 Å². The smallest absolute Gasteiger partial charge is 0.336 e. The van der Waals surface area contributed by atoms with E-state index in [0.29, 0.717) is 22.3 Å². The molecule has 3 heterocycles. The van der Waals surface area contributed by atoms with Gasteiger partial charge in [0.1, 0.15) is 17.9 Å². The molecule has 0 aliphatic carbocycles. The number of imidazole rings is 1. The van der Waals surface area contributed by atoms with Crippen LogP contribution < -0.4 is 4.74 Å². The lowest BCUT2D eigenvalue weighted by Crippen LogP contribution is -2.00. The predicted octanol–water partition coefficient (Wildman–Crippen LogP) is 3.69. The van der Waals surface area contributed by atoms with E-state index >= 15 is 0 Å². The Morgan fingerprint density at radius 1 is 1.18 bits per heavy atom. The van der Waals surface area contributed by atoms with Crippen molar-refractivity contribution in [2.24, 2.45) is 0 Å². The molecular formula is C21H16N4O3. The van der Waals surface area contributed by atoms with Gasteiger partial charge in [0.05, 0.1) is 23.9 Å². The fraction of sp³-hybridized carbons (Fsp3) is 0.0476. The lowest BCUT2D eigenvalue weighted by atomic mass is 10.1. The Labute approximate surface area is 160 Å². The van der Waals surface area contributed by atoms with Gasteiger partial charge in [-0.25, -0.2) is 19.7 Å². The molecule has 3 aromatic heterocycles. The van der Waals surface area contributed by atoms with Gasteiger partial charge in [-0.15, -0.1) is 0 Å². The molecule has 7 heteroatoms.